The summed E-state index contributed by atoms with van der Waals surface area (Å²) in [7, 11) is -3.31. The van der Waals surface area contributed by atoms with Crippen LogP contribution in [-0.4, -0.2) is 20.1 Å². The number of sulfonamides is 1. The molecule has 98 valence electrons. The number of hydrogen-bond acceptors (Lipinski definition) is 3. The van der Waals surface area contributed by atoms with Crippen LogP contribution < -0.4 is 4.72 Å². The molecule has 0 spiro atoms. The first-order chi connectivity index (χ1) is 8.48. The highest BCUT2D eigenvalue weighted by molar-refractivity contribution is 7.89. The van der Waals surface area contributed by atoms with Gasteiger partial charge in [-0.15, -0.1) is 11.6 Å². The first-order valence-electron chi connectivity index (χ1n) is 5.54. The van der Waals surface area contributed by atoms with Crippen LogP contribution in [-0.2, 0) is 10.0 Å². The van der Waals surface area contributed by atoms with Crippen molar-refractivity contribution in [1.29, 1.82) is 5.26 Å². The molecule has 0 amide bonds. The van der Waals surface area contributed by atoms with Gasteiger partial charge in [0, 0.05) is 11.9 Å². The molecule has 1 N–H and O–H groups in total. The Balaban J connectivity index is 2.70. The molecule has 0 aliphatic carbocycles. The number of alkyl halides is 1. The summed E-state index contributed by atoms with van der Waals surface area (Å²) in [6.45, 7) is 1.76. The van der Waals surface area contributed by atoms with Gasteiger partial charge >= 0.3 is 0 Å². The summed E-state index contributed by atoms with van der Waals surface area (Å²) in [5, 5.41) is 8.68. The molecule has 6 heteroatoms. The molecule has 1 atom stereocenters. The highest BCUT2D eigenvalue weighted by Gasteiger charge is 2.15. The van der Waals surface area contributed by atoms with Gasteiger partial charge in [0.05, 0.1) is 17.4 Å². The Labute approximate surface area is 113 Å². The van der Waals surface area contributed by atoms with E-state index in [1.54, 1.807) is 31.2 Å². The minimum Gasteiger partial charge on any atom is -0.212 e. The van der Waals surface area contributed by atoms with E-state index < -0.39 is 10.0 Å². The third-order valence-electron chi connectivity index (χ3n) is 2.44. The number of rotatable bonds is 6. The minimum absolute atomic E-state index is 0.0249. The minimum atomic E-state index is -3.31. The highest BCUT2D eigenvalue weighted by atomic mass is 35.5. The quantitative estimate of drug-likeness (QED) is 0.815. The van der Waals surface area contributed by atoms with E-state index in [-0.39, 0.29) is 11.8 Å². The number of benzene rings is 1. The topological polar surface area (TPSA) is 70.0 Å². The monoisotopic (exact) mass is 286 g/mol. The Morgan fingerprint density at radius 3 is 2.50 bits per heavy atom. The molecule has 1 aromatic rings. The maximum Gasteiger partial charge on any atom is 0.212 e. The second-order valence-corrected chi connectivity index (χ2v) is 6.19. The predicted octanol–water partition coefficient (Wildman–Crippen LogP) is 2.17. The summed E-state index contributed by atoms with van der Waals surface area (Å²) < 4.78 is 25.9. The van der Waals surface area contributed by atoms with Gasteiger partial charge in [-0.3, -0.25) is 0 Å². The van der Waals surface area contributed by atoms with Gasteiger partial charge in [-0.25, -0.2) is 13.1 Å². The van der Waals surface area contributed by atoms with Crippen molar-refractivity contribution >= 4 is 21.6 Å². The van der Waals surface area contributed by atoms with E-state index in [0.717, 1.165) is 5.56 Å². The number of nitrogens with zero attached hydrogens (tertiary/aromatic N) is 1. The van der Waals surface area contributed by atoms with E-state index >= 15 is 0 Å². The van der Waals surface area contributed by atoms with Crippen LogP contribution in [0.1, 0.15) is 30.5 Å². The molecule has 0 aliphatic rings. The molecule has 1 aromatic carbocycles. The van der Waals surface area contributed by atoms with Gasteiger partial charge < -0.3 is 0 Å². The Hall–Kier alpha value is -1.09. The molecule has 1 unspecified atom stereocenters. The van der Waals surface area contributed by atoms with Crippen molar-refractivity contribution in [2.75, 3.05) is 11.6 Å². The number of nitrogens with one attached hydrogen (secondary N) is 1. The average molecular weight is 287 g/mol. The van der Waals surface area contributed by atoms with Gasteiger partial charge in [0.15, 0.2) is 0 Å². The molecule has 0 aromatic heterocycles. The Kier molecular flexibility index (Phi) is 5.60. The van der Waals surface area contributed by atoms with Crippen LogP contribution in [0.4, 0.5) is 0 Å². The molecule has 0 radical (unpaired) electrons. The summed E-state index contributed by atoms with van der Waals surface area (Å²) >= 11 is 5.47. The second-order valence-electron chi connectivity index (χ2n) is 3.93. The Morgan fingerprint density at radius 1 is 1.39 bits per heavy atom. The molecule has 0 bridgehead atoms. The molecular weight excluding hydrogens is 272 g/mol. The average Bonchev–Trinajstić information content (AvgIpc) is 2.36. The van der Waals surface area contributed by atoms with Crippen LogP contribution >= 0.6 is 11.6 Å². The van der Waals surface area contributed by atoms with Crippen molar-refractivity contribution in [2.45, 2.75) is 19.4 Å². The van der Waals surface area contributed by atoms with Crippen molar-refractivity contribution in [3.05, 3.63) is 35.4 Å². The Bertz CT molecular complexity index is 520. The molecule has 0 saturated heterocycles. The van der Waals surface area contributed by atoms with E-state index in [1.807, 2.05) is 6.07 Å². The third kappa shape index (κ3) is 4.65. The maximum atomic E-state index is 11.7. The first kappa shape index (κ1) is 15.0. The highest BCUT2D eigenvalue weighted by Crippen LogP contribution is 2.14. The van der Waals surface area contributed by atoms with E-state index in [2.05, 4.69) is 4.72 Å². The zero-order valence-corrected chi connectivity index (χ0v) is 11.6. The maximum absolute atomic E-state index is 11.7. The van der Waals surface area contributed by atoms with Crippen LogP contribution in [0.25, 0.3) is 0 Å². The Morgan fingerprint density at radius 2 is 2.00 bits per heavy atom. The largest absolute Gasteiger partial charge is 0.212 e. The second kappa shape index (κ2) is 6.74. The normalized spacial score (nSPS) is 12.9. The van der Waals surface area contributed by atoms with Crippen LogP contribution in [0.15, 0.2) is 24.3 Å². The smallest absolute Gasteiger partial charge is 0.212 e. The van der Waals surface area contributed by atoms with Gasteiger partial charge in [-0.05, 0) is 31.0 Å². The van der Waals surface area contributed by atoms with Crippen LogP contribution in [0.3, 0.4) is 0 Å². The van der Waals surface area contributed by atoms with E-state index in [4.69, 9.17) is 16.9 Å². The standard InChI is InChI=1S/C12H15ClN2O2S/c1-10(15-18(16,17)8-2-7-13)12-5-3-11(9-14)4-6-12/h3-6,10,15H,2,7-8H2,1H3. The van der Waals surface area contributed by atoms with Gasteiger partial charge in [0.25, 0.3) is 0 Å². The lowest BCUT2D eigenvalue weighted by Gasteiger charge is -2.14. The van der Waals surface area contributed by atoms with Crippen LogP contribution in [0.2, 0.25) is 0 Å². The van der Waals surface area contributed by atoms with Crippen LogP contribution in [0, 0.1) is 11.3 Å². The molecule has 0 heterocycles. The number of hydrogen-bond donors (Lipinski definition) is 1. The molecule has 0 saturated carbocycles. The van der Waals surface area contributed by atoms with Crippen molar-refractivity contribution in [2.24, 2.45) is 0 Å². The van der Waals surface area contributed by atoms with Gasteiger partial charge in [0.1, 0.15) is 0 Å². The summed E-state index contributed by atoms with van der Waals surface area (Å²) in [6, 6.07) is 8.51. The van der Waals surface area contributed by atoms with Crippen molar-refractivity contribution in [3.63, 3.8) is 0 Å². The van der Waals surface area contributed by atoms with Gasteiger partial charge in [-0.1, -0.05) is 12.1 Å². The van der Waals surface area contributed by atoms with Crippen LogP contribution in [0.5, 0.6) is 0 Å². The number of nitriles is 1. The molecule has 0 aliphatic heterocycles. The molecule has 1 rings (SSSR count). The van der Waals surface area contributed by atoms with E-state index in [0.29, 0.717) is 17.9 Å². The zero-order valence-electron chi connectivity index (χ0n) is 10.1. The lowest BCUT2D eigenvalue weighted by atomic mass is 10.1. The summed E-state index contributed by atoms with van der Waals surface area (Å²) in [6.07, 6.45) is 0.428. The summed E-state index contributed by atoms with van der Waals surface area (Å²) in [5.74, 6) is 0.350. The van der Waals surface area contributed by atoms with Crippen molar-refractivity contribution < 1.29 is 8.42 Å². The third-order valence-corrected chi connectivity index (χ3v) is 4.25. The van der Waals surface area contributed by atoms with Gasteiger partial charge in [-0.2, -0.15) is 5.26 Å². The molecule has 4 nitrogen and oxygen atoms in total. The molecule has 18 heavy (non-hydrogen) atoms. The van der Waals surface area contributed by atoms with E-state index in [1.165, 1.54) is 0 Å². The van der Waals surface area contributed by atoms with Gasteiger partial charge in [0.2, 0.25) is 10.0 Å². The molecule has 0 fully saturated rings. The first-order valence-corrected chi connectivity index (χ1v) is 7.73. The SMILES string of the molecule is CC(NS(=O)(=O)CCCCl)c1ccc(C#N)cc1. The fourth-order valence-electron chi connectivity index (χ4n) is 1.49. The lowest BCUT2D eigenvalue weighted by Crippen LogP contribution is -2.29. The fourth-order valence-corrected chi connectivity index (χ4v) is 3.10. The van der Waals surface area contributed by atoms with E-state index in [9.17, 15) is 8.42 Å². The zero-order chi connectivity index (χ0) is 13.6. The van der Waals surface area contributed by atoms with Crippen molar-refractivity contribution in [3.8, 4) is 6.07 Å². The molecular formula is C12H15ClN2O2S. The summed E-state index contributed by atoms with van der Waals surface area (Å²) in [5.41, 5.74) is 1.37. The summed E-state index contributed by atoms with van der Waals surface area (Å²) in [4.78, 5) is 0. The van der Waals surface area contributed by atoms with Crippen molar-refractivity contribution in [1.82, 2.24) is 4.72 Å². The predicted molar refractivity (Wildman–Crippen MR) is 71.8 cm³/mol. The fraction of sp³-hybridized carbons (Fsp3) is 0.417. The lowest BCUT2D eigenvalue weighted by molar-refractivity contribution is 0.566. The number of halogens is 1.